The second-order valence-electron chi connectivity index (χ2n) is 4.53. The average Bonchev–Trinajstić information content (AvgIpc) is 2.38. The molecule has 0 aliphatic heterocycles. The first kappa shape index (κ1) is 15.3. The first-order chi connectivity index (χ1) is 8.95. The highest BCUT2D eigenvalue weighted by Crippen LogP contribution is 2.27. The number of aliphatic hydroxyl groups is 1. The molecule has 106 valence electrons. The summed E-state index contributed by atoms with van der Waals surface area (Å²) >= 11 is 0. The molecule has 0 bridgehead atoms. The van der Waals surface area contributed by atoms with Gasteiger partial charge < -0.3 is 20.3 Å². The molecule has 1 aromatic carbocycles. The van der Waals surface area contributed by atoms with Gasteiger partial charge in [0.25, 0.3) is 0 Å². The van der Waals surface area contributed by atoms with E-state index in [9.17, 15) is 9.90 Å². The van der Waals surface area contributed by atoms with Crippen LogP contribution in [0.1, 0.15) is 24.0 Å². The van der Waals surface area contributed by atoms with E-state index in [1.165, 1.54) is 0 Å². The smallest absolute Gasteiger partial charge is 0.303 e. The predicted molar refractivity (Wildman–Crippen MR) is 73.8 cm³/mol. The predicted octanol–water partition coefficient (Wildman–Crippen LogP) is 1.95. The Morgan fingerprint density at radius 1 is 1.37 bits per heavy atom. The van der Waals surface area contributed by atoms with Crippen LogP contribution in [0.2, 0.25) is 0 Å². The fourth-order valence-corrected chi connectivity index (χ4v) is 1.83. The molecule has 0 heterocycles. The van der Waals surface area contributed by atoms with Gasteiger partial charge in [-0.15, -0.1) is 0 Å². The monoisotopic (exact) mass is 267 g/mol. The van der Waals surface area contributed by atoms with Crippen LogP contribution in [0, 0.1) is 13.8 Å². The minimum Gasteiger partial charge on any atom is -0.496 e. The van der Waals surface area contributed by atoms with E-state index in [1.54, 1.807) is 7.11 Å². The highest BCUT2D eigenvalue weighted by molar-refractivity contribution is 5.66. The van der Waals surface area contributed by atoms with Gasteiger partial charge in [0, 0.05) is 18.7 Å². The Morgan fingerprint density at radius 2 is 2.05 bits per heavy atom. The number of ether oxygens (including phenoxy) is 1. The molecule has 0 radical (unpaired) electrons. The highest BCUT2D eigenvalue weighted by Gasteiger charge is 2.10. The van der Waals surface area contributed by atoms with E-state index in [-0.39, 0.29) is 12.8 Å². The summed E-state index contributed by atoms with van der Waals surface area (Å²) in [6.07, 6.45) is -0.446. The van der Waals surface area contributed by atoms with Crippen molar-refractivity contribution in [2.45, 2.75) is 32.8 Å². The number of nitrogens with one attached hydrogen (secondary N) is 1. The summed E-state index contributed by atoms with van der Waals surface area (Å²) in [5.74, 6) is -0.0648. The second kappa shape index (κ2) is 6.99. The highest BCUT2D eigenvalue weighted by atomic mass is 16.5. The molecule has 3 N–H and O–H groups in total. The number of aliphatic hydroxyl groups excluding tert-OH is 1. The Bertz CT molecular complexity index is 445. The number of aliphatic carboxylic acids is 1. The number of methoxy groups -OCH3 is 1. The molecule has 1 atom stereocenters. The molecule has 0 aliphatic rings. The van der Waals surface area contributed by atoms with Crippen molar-refractivity contribution in [1.82, 2.24) is 0 Å². The van der Waals surface area contributed by atoms with E-state index in [1.807, 2.05) is 26.0 Å². The van der Waals surface area contributed by atoms with Crippen LogP contribution in [0.4, 0.5) is 5.69 Å². The molecule has 1 rings (SSSR count). The molecule has 0 fully saturated rings. The molecule has 1 unspecified atom stereocenters. The van der Waals surface area contributed by atoms with Crippen molar-refractivity contribution in [2.75, 3.05) is 19.0 Å². The van der Waals surface area contributed by atoms with Crippen molar-refractivity contribution in [3.8, 4) is 5.75 Å². The minimum absolute atomic E-state index is 0.0243. The molecular formula is C14H21NO4. The van der Waals surface area contributed by atoms with E-state index in [2.05, 4.69) is 5.32 Å². The van der Waals surface area contributed by atoms with Gasteiger partial charge in [0.1, 0.15) is 5.75 Å². The van der Waals surface area contributed by atoms with E-state index in [0.717, 1.165) is 22.6 Å². The van der Waals surface area contributed by atoms with Crippen LogP contribution >= 0.6 is 0 Å². The molecule has 5 heteroatoms. The number of benzene rings is 1. The molecule has 0 aromatic heterocycles. The lowest BCUT2D eigenvalue weighted by atomic mass is 10.1. The zero-order valence-electron chi connectivity index (χ0n) is 11.6. The molecule has 0 aliphatic carbocycles. The molecule has 0 spiro atoms. The summed E-state index contributed by atoms with van der Waals surface area (Å²) < 4.78 is 5.23. The Balaban J connectivity index is 2.58. The van der Waals surface area contributed by atoms with E-state index < -0.39 is 12.1 Å². The van der Waals surface area contributed by atoms with Gasteiger partial charge >= 0.3 is 5.97 Å². The molecule has 0 amide bonds. The van der Waals surface area contributed by atoms with Gasteiger partial charge in [0.2, 0.25) is 0 Å². The second-order valence-corrected chi connectivity index (χ2v) is 4.53. The number of rotatable bonds is 7. The third-order valence-electron chi connectivity index (χ3n) is 3.18. The van der Waals surface area contributed by atoms with Crippen molar-refractivity contribution in [3.05, 3.63) is 23.3 Å². The van der Waals surface area contributed by atoms with Crippen molar-refractivity contribution in [1.29, 1.82) is 0 Å². The molecule has 5 nitrogen and oxygen atoms in total. The Kier molecular flexibility index (Phi) is 5.63. The van der Waals surface area contributed by atoms with Crippen LogP contribution in [0.5, 0.6) is 5.75 Å². The number of hydrogen-bond acceptors (Lipinski definition) is 4. The lowest BCUT2D eigenvalue weighted by Gasteiger charge is -2.16. The summed E-state index contributed by atoms with van der Waals surface area (Å²) in [5.41, 5.74) is 3.03. The van der Waals surface area contributed by atoms with Gasteiger partial charge in [0.15, 0.2) is 0 Å². The molecular weight excluding hydrogens is 246 g/mol. The lowest BCUT2D eigenvalue weighted by molar-refractivity contribution is -0.137. The number of hydrogen-bond donors (Lipinski definition) is 3. The normalized spacial score (nSPS) is 12.0. The zero-order valence-corrected chi connectivity index (χ0v) is 11.6. The Morgan fingerprint density at radius 3 is 2.63 bits per heavy atom. The topological polar surface area (TPSA) is 78.8 Å². The van der Waals surface area contributed by atoms with E-state index in [4.69, 9.17) is 9.84 Å². The van der Waals surface area contributed by atoms with Crippen molar-refractivity contribution in [3.63, 3.8) is 0 Å². The molecule has 0 saturated heterocycles. The Labute approximate surface area is 113 Å². The summed E-state index contributed by atoms with van der Waals surface area (Å²) in [4.78, 5) is 10.4. The first-order valence-electron chi connectivity index (χ1n) is 6.23. The largest absolute Gasteiger partial charge is 0.496 e. The summed E-state index contributed by atoms with van der Waals surface area (Å²) in [6, 6.07) is 3.76. The molecule has 19 heavy (non-hydrogen) atoms. The van der Waals surface area contributed by atoms with E-state index >= 15 is 0 Å². The van der Waals surface area contributed by atoms with Crippen LogP contribution in [0.15, 0.2) is 12.1 Å². The van der Waals surface area contributed by atoms with Gasteiger partial charge in [-0.2, -0.15) is 0 Å². The fraction of sp³-hybridized carbons (Fsp3) is 0.500. The summed E-state index contributed by atoms with van der Waals surface area (Å²) in [7, 11) is 1.63. The van der Waals surface area contributed by atoms with Crippen molar-refractivity contribution >= 4 is 11.7 Å². The van der Waals surface area contributed by atoms with Gasteiger partial charge in [-0.05, 0) is 43.5 Å². The zero-order chi connectivity index (χ0) is 14.4. The summed E-state index contributed by atoms with van der Waals surface area (Å²) in [5, 5.41) is 21.3. The van der Waals surface area contributed by atoms with Crippen LogP contribution in [0.25, 0.3) is 0 Å². The van der Waals surface area contributed by atoms with Gasteiger partial charge in [0.05, 0.1) is 13.2 Å². The lowest BCUT2D eigenvalue weighted by Crippen LogP contribution is -2.21. The van der Waals surface area contributed by atoms with Crippen LogP contribution in [-0.4, -0.2) is 35.9 Å². The number of carboxylic acids is 1. The standard InChI is InChI=1S/C14H21NO4/c1-9-10(2)13(19-3)6-5-12(9)15-8-11(16)4-7-14(17)18/h5-6,11,15-16H,4,7-8H2,1-3H3,(H,17,18). The van der Waals surface area contributed by atoms with Crippen LogP contribution in [-0.2, 0) is 4.79 Å². The Hall–Kier alpha value is -1.75. The van der Waals surface area contributed by atoms with Crippen LogP contribution < -0.4 is 10.1 Å². The first-order valence-corrected chi connectivity index (χ1v) is 6.23. The number of carboxylic acid groups (broad SMARTS) is 1. The van der Waals surface area contributed by atoms with E-state index in [0.29, 0.717) is 6.54 Å². The average molecular weight is 267 g/mol. The van der Waals surface area contributed by atoms with Crippen LogP contribution in [0.3, 0.4) is 0 Å². The van der Waals surface area contributed by atoms with Gasteiger partial charge in [-0.25, -0.2) is 0 Å². The third kappa shape index (κ3) is 4.44. The quantitative estimate of drug-likeness (QED) is 0.703. The van der Waals surface area contributed by atoms with Crippen molar-refractivity contribution in [2.24, 2.45) is 0 Å². The maximum Gasteiger partial charge on any atom is 0.303 e. The molecule has 1 aromatic rings. The fourth-order valence-electron chi connectivity index (χ4n) is 1.83. The maximum atomic E-state index is 10.4. The SMILES string of the molecule is COc1ccc(NCC(O)CCC(=O)O)c(C)c1C. The minimum atomic E-state index is -0.893. The van der Waals surface area contributed by atoms with Gasteiger partial charge in [-0.3, -0.25) is 4.79 Å². The maximum absolute atomic E-state index is 10.4. The number of carbonyl (C=O) groups is 1. The summed E-state index contributed by atoms with van der Waals surface area (Å²) in [6.45, 7) is 4.28. The van der Waals surface area contributed by atoms with Crippen molar-refractivity contribution < 1.29 is 19.7 Å². The van der Waals surface area contributed by atoms with Gasteiger partial charge in [-0.1, -0.05) is 0 Å². The third-order valence-corrected chi connectivity index (χ3v) is 3.18. The molecule has 0 saturated carbocycles. The number of anilines is 1.